The van der Waals surface area contributed by atoms with Gasteiger partial charge < -0.3 is 14.2 Å². The number of amides is 2. The van der Waals surface area contributed by atoms with E-state index in [-0.39, 0.29) is 39.7 Å². The van der Waals surface area contributed by atoms with E-state index in [1.165, 1.54) is 49.4 Å². The van der Waals surface area contributed by atoms with Gasteiger partial charge in [-0.1, -0.05) is 29.3 Å². The smallest absolute Gasteiger partial charge is 0.308 e. The lowest BCUT2D eigenvalue weighted by Crippen LogP contribution is -2.45. The van der Waals surface area contributed by atoms with Crippen LogP contribution in [0, 0.1) is 0 Å². The minimum Gasteiger partial charge on any atom is -0.454 e. The van der Waals surface area contributed by atoms with Gasteiger partial charge >= 0.3 is 5.97 Å². The number of halogens is 2. The molecule has 13 heteroatoms. The average molecular weight is 591 g/mol. The first-order chi connectivity index (χ1) is 18.5. The Bertz CT molecular complexity index is 1590. The Balaban J connectivity index is 1.53. The Morgan fingerprint density at radius 2 is 1.74 bits per heavy atom. The molecule has 2 amide bonds. The maximum atomic E-state index is 14.0. The number of carbonyl (C=O) groups excluding carboxylic acids is 3. The van der Waals surface area contributed by atoms with E-state index in [1.807, 2.05) is 0 Å². The minimum atomic E-state index is -4.44. The number of hydrogen-bond acceptors (Lipinski definition) is 8. The fourth-order valence-corrected chi connectivity index (χ4v) is 6.63. The van der Waals surface area contributed by atoms with E-state index in [1.54, 1.807) is 18.2 Å². The number of carbonyl (C=O) groups is 3. The number of esters is 1. The summed E-state index contributed by atoms with van der Waals surface area (Å²) in [7, 11) is -4.44. The zero-order chi connectivity index (χ0) is 27.9. The van der Waals surface area contributed by atoms with Crippen LogP contribution in [0.4, 0.5) is 5.69 Å². The van der Waals surface area contributed by atoms with E-state index in [9.17, 15) is 22.8 Å². The summed E-state index contributed by atoms with van der Waals surface area (Å²) in [4.78, 5) is 38.5. The van der Waals surface area contributed by atoms with Crippen molar-refractivity contribution in [2.24, 2.45) is 0 Å². The van der Waals surface area contributed by atoms with E-state index in [4.69, 9.17) is 37.4 Å². The number of sulfonamides is 1. The number of benzene rings is 3. The second-order valence-electron chi connectivity index (χ2n) is 8.69. The van der Waals surface area contributed by atoms with Gasteiger partial charge in [-0.25, -0.2) is 13.3 Å². The van der Waals surface area contributed by atoms with E-state index in [2.05, 4.69) is 0 Å². The molecule has 1 saturated heterocycles. The molecule has 0 N–H and O–H groups in total. The molecule has 2 aliphatic rings. The number of rotatable bonds is 7. The predicted octanol–water partition coefficient (Wildman–Crippen LogP) is 4.17. The first-order valence-electron chi connectivity index (χ1n) is 11.6. The molecular weight excluding hydrogens is 571 g/mol. The van der Waals surface area contributed by atoms with Gasteiger partial charge in [0, 0.05) is 18.5 Å². The summed E-state index contributed by atoms with van der Waals surface area (Å²) in [5.41, 5.74) is 0.690. The molecule has 202 valence electrons. The van der Waals surface area contributed by atoms with Gasteiger partial charge in [-0.15, -0.1) is 0 Å². The molecule has 0 spiro atoms. The standard InChI is InChI=1S/C26H20Cl2N2O8S/c1-15(31)38-19-6-4-18(5-7-19)30-25(32)12-21(26(30)33)29(13-16-2-9-22-23(10-16)37-14-36-22)39(34,35)24-11-17(27)3-8-20(24)28/h2-11,21H,12-14H2,1H3. The van der Waals surface area contributed by atoms with E-state index in [0.29, 0.717) is 17.1 Å². The van der Waals surface area contributed by atoms with Crippen LogP contribution in [0.3, 0.4) is 0 Å². The molecule has 39 heavy (non-hydrogen) atoms. The zero-order valence-corrected chi connectivity index (χ0v) is 22.6. The second kappa shape index (κ2) is 10.5. The summed E-state index contributed by atoms with van der Waals surface area (Å²) >= 11 is 12.3. The molecule has 3 aromatic rings. The molecule has 2 aliphatic heterocycles. The molecule has 0 saturated carbocycles. The lowest BCUT2D eigenvalue weighted by molar-refractivity contribution is -0.132. The predicted molar refractivity (Wildman–Crippen MR) is 140 cm³/mol. The zero-order valence-electron chi connectivity index (χ0n) is 20.3. The molecule has 1 atom stereocenters. The monoisotopic (exact) mass is 590 g/mol. The van der Waals surface area contributed by atoms with Crippen molar-refractivity contribution >= 4 is 56.7 Å². The number of anilines is 1. The summed E-state index contributed by atoms with van der Waals surface area (Å²) in [5, 5.41) is 0.0362. The first-order valence-corrected chi connectivity index (χ1v) is 13.7. The molecule has 0 bridgehead atoms. The highest BCUT2D eigenvalue weighted by Crippen LogP contribution is 2.37. The van der Waals surface area contributed by atoms with Gasteiger partial charge in [-0.3, -0.25) is 14.4 Å². The topological polar surface area (TPSA) is 120 Å². The number of ether oxygens (including phenoxy) is 3. The Kier molecular flexibility index (Phi) is 7.25. The van der Waals surface area contributed by atoms with Gasteiger partial charge in [0.1, 0.15) is 16.7 Å². The third kappa shape index (κ3) is 5.30. The lowest BCUT2D eigenvalue weighted by atomic mass is 10.1. The van der Waals surface area contributed by atoms with Crippen LogP contribution in [0.2, 0.25) is 10.0 Å². The van der Waals surface area contributed by atoms with Crippen LogP contribution < -0.4 is 19.1 Å². The summed E-state index contributed by atoms with van der Waals surface area (Å²) in [6.07, 6.45) is -0.410. The number of hydrogen-bond donors (Lipinski definition) is 0. The Morgan fingerprint density at radius 3 is 2.46 bits per heavy atom. The fourth-order valence-electron chi connectivity index (χ4n) is 4.32. The van der Waals surface area contributed by atoms with E-state index >= 15 is 0 Å². The molecule has 10 nitrogen and oxygen atoms in total. The second-order valence-corrected chi connectivity index (χ2v) is 11.4. The Hall–Kier alpha value is -3.64. The van der Waals surface area contributed by atoms with Crippen LogP contribution in [0.5, 0.6) is 17.2 Å². The highest BCUT2D eigenvalue weighted by atomic mass is 35.5. The van der Waals surface area contributed by atoms with Crippen LogP contribution in [0.15, 0.2) is 65.6 Å². The summed E-state index contributed by atoms with van der Waals surface area (Å²) in [6, 6.07) is 13.2. The van der Waals surface area contributed by atoms with Gasteiger partial charge in [0.15, 0.2) is 11.5 Å². The van der Waals surface area contributed by atoms with Crippen molar-refractivity contribution in [1.29, 1.82) is 0 Å². The van der Waals surface area contributed by atoms with Crippen LogP contribution in [-0.2, 0) is 31.0 Å². The SMILES string of the molecule is CC(=O)Oc1ccc(N2C(=O)CC(N(Cc3ccc4c(c3)OCO4)S(=O)(=O)c3cc(Cl)ccc3Cl)C2=O)cc1. The maximum Gasteiger partial charge on any atom is 0.308 e. The average Bonchev–Trinajstić information content (AvgIpc) is 3.47. The van der Waals surface area contributed by atoms with Gasteiger partial charge in [-0.05, 0) is 60.2 Å². The van der Waals surface area contributed by atoms with Crippen molar-refractivity contribution in [3.8, 4) is 17.2 Å². The quantitative estimate of drug-likeness (QED) is 0.228. The molecule has 0 aromatic heterocycles. The highest BCUT2D eigenvalue weighted by molar-refractivity contribution is 7.89. The molecular formula is C26H20Cl2N2O8S. The first kappa shape index (κ1) is 26.9. The van der Waals surface area contributed by atoms with E-state index < -0.39 is 40.3 Å². The Labute approximate surface area is 233 Å². The van der Waals surface area contributed by atoms with Crippen molar-refractivity contribution in [2.75, 3.05) is 11.7 Å². The van der Waals surface area contributed by atoms with Crippen LogP contribution in [0.1, 0.15) is 18.9 Å². The third-order valence-corrected chi connectivity index (χ3v) is 8.65. The van der Waals surface area contributed by atoms with Gasteiger partial charge in [0.2, 0.25) is 22.7 Å². The van der Waals surface area contributed by atoms with Gasteiger partial charge in [0.25, 0.3) is 5.91 Å². The summed E-state index contributed by atoms with van der Waals surface area (Å²) < 4.78 is 44.6. The normalized spacial score (nSPS) is 16.7. The molecule has 1 fully saturated rings. The van der Waals surface area contributed by atoms with Crippen molar-refractivity contribution in [3.05, 3.63) is 76.3 Å². The maximum absolute atomic E-state index is 14.0. The van der Waals surface area contributed by atoms with Crippen molar-refractivity contribution in [1.82, 2.24) is 4.31 Å². The molecule has 2 heterocycles. The van der Waals surface area contributed by atoms with Crippen molar-refractivity contribution < 1.29 is 37.0 Å². The van der Waals surface area contributed by atoms with E-state index in [0.717, 1.165) is 9.21 Å². The summed E-state index contributed by atoms with van der Waals surface area (Å²) in [6.45, 7) is 0.998. The molecule has 0 aliphatic carbocycles. The summed E-state index contributed by atoms with van der Waals surface area (Å²) in [5.74, 6) is -0.726. The highest BCUT2D eigenvalue weighted by Gasteiger charge is 2.47. The molecule has 1 unspecified atom stereocenters. The molecule has 3 aromatic carbocycles. The molecule has 5 rings (SSSR count). The number of fused-ring (bicyclic) bond motifs is 1. The largest absolute Gasteiger partial charge is 0.454 e. The minimum absolute atomic E-state index is 0.0275. The fraction of sp³-hybridized carbons (Fsp3) is 0.192. The van der Waals surface area contributed by atoms with Gasteiger partial charge in [0.05, 0.1) is 17.1 Å². The lowest BCUT2D eigenvalue weighted by Gasteiger charge is -2.27. The van der Waals surface area contributed by atoms with Crippen LogP contribution >= 0.6 is 23.2 Å². The Morgan fingerprint density at radius 1 is 1.03 bits per heavy atom. The van der Waals surface area contributed by atoms with Crippen LogP contribution in [0.25, 0.3) is 0 Å². The number of nitrogens with zero attached hydrogens (tertiary/aromatic N) is 2. The van der Waals surface area contributed by atoms with Crippen molar-refractivity contribution in [3.63, 3.8) is 0 Å². The van der Waals surface area contributed by atoms with Crippen molar-refractivity contribution in [2.45, 2.75) is 30.8 Å². The van der Waals surface area contributed by atoms with Gasteiger partial charge in [-0.2, -0.15) is 4.31 Å². The number of imide groups is 1. The molecule has 0 radical (unpaired) electrons. The van der Waals surface area contributed by atoms with Crippen LogP contribution in [-0.4, -0.2) is 43.3 Å². The third-order valence-electron chi connectivity index (χ3n) is 6.08.